The van der Waals surface area contributed by atoms with Gasteiger partial charge in [0.2, 0.25) is 0 Å². The fourth-order valence-corrected chi connectivity index (χ4v) is 3.60. The van der Waals surface area contributed by atoms with Gasteiger partial charge in [0.1, 0.15) is 17.6 Å². The van der Waals surface area contributed by atoms with Crippen LogP contribution in [0.15, 0.2) is 78.9 Å². The zero-order valence-corrected chi connectivity index (χ0v) is 17.4. The summed E-state index contributed by atoms with van der Waals surface area (Å²) in [7, 11) is 1.50. The Morgan fingerprint density at radius 1 is 0.933 bits per heavy atom. The quantitative estimate of drug-likeness (QED) is 0.432. The van der Waals surface area contributed by atoms with Crippen LogP contribution in [-0.2, 0) is 17.6 Å². The highest BCUT2D eigenvalue weighted by atomic mass is 16.5. The summed E-state index contributed by atoms with van der Waals surface area (Å²) < 4.78 is 11.7. The second-order valence-electron chi connectivity index (χ2n) is 7.14. The first kappa shape index (κ1) is 21.6. The molecule has 1 aliphatic heterocycles. The largest absolute Gasteiger partial charge is 0.486 e. The molecule has 0 amide bonds. The molecule has 1 heterocycles. The van der Waals surface area contributed by atoms with Gasteiger partial charge in [-0.15, -0.1) is 0 Å². The van der Waals surface area contributed by atoms with Gasteiger partial charge in [0.15, 0.2) is 0 Å². The lowest BCUT2D eigenvalue weighted by Crippen LogP contribution is -2.16. The summed E-state index contributed by atoms with van der Waals surface area (Å²) in [6, 6.07) is 26.7. The van der Waals surface area contributed by atoms with Crippen molar-refractivity contribution in [2.45, 2.75) is 38.2 Å². The van der Waals surface area contributed by atoms with E-state index in [0.717, 1.165) is 30.6 Å². The molecule has 156 valence electrons. The lowest BCUT2D eigenvalue weighted by Gasteiger charge is -2.22. The highest BCUT2D eigenvalue weighted by Gasteiger charge is 2.19. The van der Waals surface area contributed by atoms with Crippen LogP contribution in [0.1, 0.15) is 42.1 Å². The van der Waals surface area contributed by atoms with Gasteiger partial charge in [-0.3, -0.25) is 4.79 Å². The van der Waals surface area contributed by atoms with Crippen LogP contribution in [0.5, 0.6) is 11.5 Å². The van der Waals surface area contributed by atoms with Gasteiger partial charge >= 0.3 is 5.97 Å². The Kier molecular flexibility index (Phi) is 8.04. The summed E-state index contributed by atoms with van der Waals surface area (Å²) in [5, 5.41) is 0. The van der Waals surface area contributed by atoms with Crippen molar-refractivity contribution in [1.82, 2.24) is 0 Å². The molecule has 0 radical (unpaired) electrons. The van der Waals surface area contributed by atoms with Gasteiger partial charge in [-0.2, -0.15) is 0 Å². The standard InChI is InChI=1S/C25H24O3.CH5N/c26-25-17-14-21-18-22(15-16-24(21)28-25)27-23(20-11-5-2-6-12-20)13-7-10-19-8-3-1-4-9-19;1-2/h1-6,8-9,11-12,15-16,18,23H,7,10,13-14,17H2;2H2,1H3. The molecular formula is C26H29NO3. The molecule has 0 saturated heterocycles. The number of hydrogen-bond acceptors (Lipinski definition) is 4. The lowest BCUT2D eigenvalue weighted by molar-refractivity contribution is -0.135. The Balaban J connectivity index is 0.00000124. The van der Waals surface area contributed by atoms with Gasteiger partial charge in [-0.05, 0) is 67.6 Å². The van der Waals surface area contributed by atoms with E-state index >= 15 is 0 Å². The number of aryl methyl sites for hydroxylation is 2. The minimum absolute atomic E-state index is 0.00546. The number of hydrogen-bond donors (Lipinski definition) is 1. The number of fused-ring (bicyclic) bond motifs is 1. The van der Waals surface area contributed by atoms with Crippen LogP contribution in [-0.4, -0.2) is 13.0 Å². The van der Waals surface area contributed by atoms with Crippen LogP contribution in [0, 0.1) is 0 Å². The first-order valence-electron chi connectivity index (χ1n) is 10.4. The normalized spacial score (nSPS) is 13.3. The Morgan fingerprint density at radius 2 is 1.63 bits per heavy atom. The molecule has 1 aliphatic rings. The Morgan fingerprint density at radius 3 is 2.37 bits per heavy atom. The number of carbonyl (C=O) groups is 1. The highest BCUT2D eigenvalue weighted by Crippen LogP contribution is 2.32. The summed E-state index contributed by atoms with van der Waals surface area (Å²) in [4.78, 5) is 11.5. The van der Waals surface area contributed by atoms with Crippen molar-refractivity contribution < 1.29 is 14.3 Å². The molecule has 0 fully saturated rings. The van der Waals surface area contributed by atoms with Crippen LogP contribution in [0.2, 0.25) is 0 Å². The van der Waals surface area contributed by atoms with E-state index in [-0.39, 0.29) is 12.1 Å². The van der Waals surface area contributed by atoms with Crippen molar-refractivity contribution in [2.75, 3.05) is 7.05 Å². The van der Waals surface area contributed by atoms with Crippen molar-refractivity contribution in [3.63, 3.8) is 0 Å². The second-order valence-corrected chi connectivity index (χ2v) is 7.14. The van der Waals surface area contributed by atoms with Crippen LogP contribution in [0.25, 0.3) is 0 Å². The number of esters is 1. The van der Waals surface area contributed by atoms with Crippen molar-refractivity contribution in [1.29, 1.82) is 0 Å². The maximum Gasteiger partial charge on any atom is 0.311 e. The van der Waals surface area contributed by atoms with Crippen LogP contribution >= 0.6 is 0 Å². The number of nitrogens with two attached hydrogens (primary N) is 1. The molecule has 1 unspecified atom stereocenters. The fourth-order valence-electron chi connectivity index (χ4n) is 3.60. The number of carbonyl (C=O) groups excluding carboxylic acids is 1. The topological polar surface area (TPSA) is 61.6 Å². The van der Waals surface area contributed by atoms with Gasteiger partial charge in [0.05, 0.1) is 6.42 Å². The summed E-state index contributed by atoms with van der Waals surface area (Å²) in [5.41, 5.74) is 8.07. The zero-order valence-electron chi connectivity index (χ0n) is 17.4. The van der Waals surface area contributed by atoms with Crippen LogP contribution < -0.4 is 15.2 Å². The van der Waals surface area contributed by atoms with E-state index in [2.05, 4.69) is 54.3 Å². The minimum Gasteiger partial charge on any atom is -0.486 e. The van der Waals surface area contributed by atoms with E-state index in [9.17, 15) is 4.79 Å². The number of ether oxygens (including phenoxy) is 2. The van der Waals surface area contributed by atoms with E-state index in [1.807, 2.05) is 30.3 Å². The summed E-state index contributed by atoms with van der Waals surface area (Å²) in [5.74, 6) is 1.32. The molecule has 4 nitrogen and oxygen atoms in total. The van der Waals surface area contributed by atoms with E-state index in [4.69, 9.17) is 9.47 Å². The SMILES string of the molecule is CN.O=C1CCc2cc(OC(CCCc3ccccc3)c3ccccc3)ccc2O1. The first-order chi connectivity index (χ1) is 14.8. The van der Waals surface area contributed by atoms with Gasteiger partial charge in [0.25, 0.3) is 0 Å². The fraction of sp³-hybridized carbons (Fsp3) is 0.269. The molecular weight excluding hydrogens is 374 g/mol. The third kappa shape index (κ3) is 5.94. The molecule has 2 N–H and O–H groups in total. The van der Waals surface area contributed by atoms with Crippen molar-refractivity contribution >= 4 is 5.97 Å². The van der Waals surface area contributed by atoms with Crippen molar-refractivity contribution in [3.05, 3.63) is 95.6 Å². The molecule has 4 heteroatoms. The van der Waals surface area contributed by atoms with Crippen LogP contribution in [0.3, 0.4) is 0 Å². The van der Waals surface area contributed by atoms with Gasteiger partial charge in [-0.1, -0.05) is 60.7 Å². The summed E-state index contributed by atoms with van der Waals surface area (Å²) in [6.45, 7) is 0. The molecule has 0 bridgehead atoms. The van der Waals surface area contributed by atoms with Crippen LogP contribution in [0.4, 0.5) is 0 Å². The predicted molar refractivity (Wildman–Crippen MR) is 120 cm³/mol. The predicted octanol–water partition coefficient (Wildman–Crippen LogP) is 5.26. The summed E-state index contributed by atoms with van der Waals surface area (Å²) >= 11 is 0. The van der Waals surface area contributed by atoms with Gasteiger partial charge < -0.3 is 15.2 Å². The number of benzene rings is 3. The Bertz CT molecular complexity index is 926. The Hall–Kier alpha value is -3.11. The molecule has 30 heavy (non-hydrogen) atoms. The van der Waals surface area contributed by atoms with E-state index in [1.54, 1.807) is 0 Å². The second kappa shape index (κ2) is 11.2. The molecule has 0 saturated carbocycles. The Labute approximate surface area is 178 Å². The smallest absolute Gasteiger partial charge is 0.311 e. The molecule has 0 aromatic heterocycles. The van der Waals surface area contributed by atoms with Crippen molar-refractivity contribution in [3.8, 4) is 11.5 Å². The highest BCUT2D eigenvalue weighted by molar-refractivity contribution is 5.75. The molecule has 3 aromatic carbocycles. The van der Waals surface area contributed by atoms with Gasteiger partial charge in [0, 0.05) is 0 Å². The average molecular weight is 404 g/mol. The monoisotopic (exact) mass is 403 g/mol. The van der Waals surface area contributed by atoms with Crippen molar-refractivity contribution in [2.24, 2.45) is 5.73 Å². The molecule has 0 aliphatic carbocycles. The van der Waals surface area contributed by atoms with E-state index in [1.165, 1.54) is 18.2 Å². The zero-order chi connectivity index (χ0) is 21.2. The maximum absolute atomic E-state index is 11.5. The van der Waals surface area contributed by atoms with Gasteiger partial charge in [-0.25, -0.2) is 0 Å². The van der Waals surface area contributed by atoms with E-state index in [0.29, 0.717) is 18.6 Å². The van der Waals surface area contributed by atoms with E-state index < -0.39 is 0 Å². The summed E-state index contributed by atoms with van der Waals surface area (Å²) in [6.07, 6.45) is 4.14. The third-order valence-corrected chi connectivity index (χ3v) is 5.08. The first-order valence-corrected chi connectivity index (χ1v) is 10.4. The average Bonchev–Trinajstić information content (AvgIpc) is 2.81. The molecule has 3 aromatic rings. The molecule has 1 atom stereocenters. The molecule has 0 spiro atoms. The molecule has 4 rings (SSSR count). The maximum atomic E-state index is 11.5. The number of rotatable bonds is 7. The minimum atomic E-state index is -0.163. The third-order valence-electron chi connectivity index (χ3n) is 5.08. The lowest BCUT2D eigenvalue weighted by atomic mass is 10.0.